The van der Waals surface area contributed by atoms with Gasteiger partial charge in [0.2, 0.25) is 0 Å². The molecule has 4 nitrogen and oxygen atoms in total. The van der Waals surface area contributed by atoms with Crippen molar-refractivity contribution in [3.05, 3.63) is 28.2 Å². The molecule has 0 fully saturated rings. The van der Waals surface area contributed by atoms with Gasteiger partial charge in [0.15, 0.2) is 0 Å². The van der Waals surface area contributed by atoms with E-state index in [1.807, 2.05) is 0 Å². The van der Waals surface area contributed by atoms with Crippen molar-refractivity contribution >= 4 is 21.6 Å². The Kier molecular flexibility index (Phi) is 5.19. The number of nitrogens with one attached hydrogen (secondary N) is 1. The molecule has 0 heterocycles. The minimum Gasteiger partial charge on any atom is -0.394 e. The molecular formula is C11H13BrF3NO3. The fourth-order valence-corrected chi connectivity index (χ4v) is 1.78. The Balaban J connectivity index is 3.21. The zero-order valence-corrected chi connectivity index (χ0v) is 11.3. The molecule has 1 rings (SSSR count). The van der Waals surface area contributed by atoms with Crippen molar-refractivity contribution in [2.45, 2.75) is 11.7 Å². The molecule has 0 aliphatic heterocycles. The molecule has 8 heteroatoms. The summed E-state index contributed by atoms with van der Waals surface area (Å²) >= 11 is 2.94. The molecule has 0 atom stereocenters. The van der Waals surface area contributed by atoms with Crippen LogP contribution in [0.5, 0.6) is 0 Å². The second-order valence-electron chi connectivity index (χ2n) is 4.07. The SMILES string of the molecule is OCC(CO)(CO)Nc1ccc(Br)cc1C(F)(F)F. The standard InChI is InChI=1S/C11H13BrF3NO3/c12-7-1-2-9(8(3-7)11(13,14)15)16-10(4-17,5-18)6-19/h1-3,16-19H,4-6H2. The van der Waals surface area contributed by atoms with Crippen molar-refractivity contribution in [3.63, 3.8) is 0 Å². The maximum Gasteiger partial charge on any atom is 0.418 e. The predicted molar refractivity (Wildman–Crippen MR) is 66.8 cm³/mol. The second kappa shape index (κ2) is 6.08. The Morgan fingerprint density at radius 2 is 1.58 bits per heavy atom. The Morgan fingerprint density at radius 3 is 2.00 bits per heavy atom. The first-order valence-corrected chi connectivity index (χ1v) is 6.05. The van der Waals surface area contributed by atoms with Crippen molar-refractivity contribution in [1.82, 2.24) is 0 Å². The van der Waals surface area contributed by atoms with Crippen LogP contribution in [0.25, 0.3) is 0 Å². The fourth-order valence-electron chi connectivity index (χ4n) is 1.41. The quantitative estimate of drug-likeness (QED) is 0.655. The van der Waals surface area contributed by atoms with Gasteiger partial charge in [0.1, 0.15) is 5.54 Å². The predicted octanol–water partition coefficient (Wildman–Crippen LogP) is 1.60. The Morgan fingerprint density at radius 1 is 1.05 bits per heavy atom. The van der Waals surface area contributed by atoms with Gasteiger partial charge in [-0.25, -0.2) is 0 Å². The van der Waals surface area contributed by atoms with Gasteiger partial charge in [-0.2, -0.15) is 13.2 Å². The van der Waals surface area contributed by atoms with E-state index >= 15 is 0 Å². The first-order chi connectivity index (χ1) is 8.78. The maximum atomic E-state index is 12.9. The number of aliphatic hydroxyl groups excluding tert-OH is 3. The topological polar surface area (TPSA) is 72.7 Å². The highest BCUT2D eigenvalue weighted by atomic mass is 79.9. The van der Waals surface area contributed by atoms with E-state index < -0.39 is 37.1 Å². The number of hydrogen-bond acceptors (Lipinski definition) is 4. The summed E-state index contributed by atoms with van der Waals surface area (Å²) in [5.74, 6) is 0. The molecule has 0 bridgehead atoms. The highest BCUT2D eigenvalue weighted by molar-refractivity contribution is 9.10. The number of halogens is 4. The van der Waals surface area contributed by atoms with Gasteiger partial charge in [-0.1, -0.05) is 15.9 Å². The molecule has 0 radical (unpaired) electrons. The lowest BCUT2D eigenvalue weighted by molar-refractivity contribution is -0.137. The van der Waals surface area contributed by atoms with Gasteiger partial charge in [-0.05, 0) is 18.2 Å². The van der Waals surface area contributed by atoms with Crippen molar-refractivity contribution in [3.8, 4) is 0 Å². The van der Waals surface area contributed by atoms with Gasteiger partial charge in [-0.15, -0.1) is 0 Å². The minimum absolute atomic E-state index is 0.243. The molecule has 108 valence electrons. The number of anilines is 1. The summed E-state index contributed by atoms with van der Waals surface area (Å²) in [4.78, 5) is 0. The Labute approximate surface area is 116 Å². The lowest BCUT2D eigenvalue weighted by Gasteiger charge is -2.31. The van der Waals surface area contributed by atoms with Crippen molar-refractivity contribution in [2.75, 3.05) is 25.1 Å². The van der Waals surface area contributed by atoms with E-state index in [1.54, 1.807) is 0 Å². The number of alkyl halides is 3. The van der Waals surface area contributed by atoms with Crippen LogP contribution in [-0.4, -0.2) is 40.7 Å². The normalized spacial score (nSPS) is 12.6. The third kappa shape index (κ3) is 3.82. The molecule has 0 spiro atoms. The van der Waals surface area contributed by atoms with E-state index in [9.17, 15) is 13.2 Å². The number of benzene rings is 1. The summed E-state index contributed by atoms with van der Waals surface area (Å²) in [5, 5.41) is 29.7. The van der Waals surface area contributed by atoms with Crippen LogP contribution in [0.15, 0.2) is 22.7 Å². The number of aliphatic hydroxyl groups is 3. The summed E-state index contributed by atoms with van der Waals surface area (Å²) in [6.07, 6.45) is -4.60. The fraction of sp³-hybridized carbons (Fsp3) is 0.455. The van der Waals surface area contributed by atoms with E-state index in [2.05, 4.69) is 21.2 Å². The van der Waals surface area contributed by atoms with E-state index in [0.29, 0.717) is 0 Å². The molecule has 0 aliphatic rings. The molecule has 0 aromatic heterocycles. The lowest BCUT2D eigenvalue weighted by atomic mass is 10.0. The van der Waals surface area contributed by atoms with Crippen LogP contribution in [0.2, 0.25) is 0 Å². The van der Waals surface area contributed by atoms with Crippen LogP contribution < -0.4 is 5.32 Å². The number of rotatable bonds is 5. The third-order valence-corrected chi connectivity index (χ3v) is 3.09. The van der Waals surface area contributed by atoms with Gasteiger partial charge < -0.3 is 20.6 Å². The van der Waals surface area contributed by atoms with E-state index in [4.69, 9.17) is 15.3 Å². The highest BCUT2D eigenvalue weighted by Gasteiger charge is 2.36. The van der Waals surface area contributed by atoms with E-state index in [-0.39, 0.29) is 10.2 Å². The minimum atomic E-state index is -4.60. The van der Waals surface area contributed by atoms with Crippen LogP contribution in [0, 0.1) is 0 Å². The van der Waals surface area contributed by atoms with E-state index in [0.717, 1.165) is 12.1 Å². The zero-order chi connectivity index (χ0) is 14.7. The van der Waals surface area contributed by atoms with Gasteiger partial charge in [0.05, 0.1) is 25.4 Å². The van der Waals surface area contributed by atoms with E-state index in [1.165, 1.54) is 6.07 Å². The molecule has 1 aromatic rings. The monoisotopic (exact) mass is 343 g/mol. The zero-order valence-electron chi connectivity index (χ0n) is 9.71. The first-order valence-electron chi connectivity index (χ1n) is 5.25. The van der Waals surface area contributed by atoms with Gasteiger partial charge >= 0.3 is 6.18 Å². The maximum absolute atomic E-state index is 12.9. The molecule has 0 saturated carbocycles. The number of hydrogen-bond donors (Lipinski definition) is 4. The van der Waals surface area contributed by atoms with Crippen LogP contribution in [0.1, 0.15) is 5.56 Å². The highest BCUT2D eigenvalue weighted by Crippen LogP contribution is 2.37. The molecule has 19 heavy (non-hydrogen) atoms. The lowest BCUT2D eigenvalue weighted by Crippen LogP contribution is -2.49. The molecule has 0 aliphatic carbocycles. The Hall–Kier alpha value is -0.830. The van der Waals surface area contributed by atoms with Crippen LogP contribution in [0.3, 0.4) is 0 Å². The largest absolute Gasteiger partial charge is 0.418 e. The molecule has 0 unspecified atom stereocenters. The molecule has 1 aromatic carbocycles. The van der Waals surface area contributed by atoms with Crippen molar-refractivity contribution in [2.24, 2.45) is 0 Å². The van der Waals surface area contributed by atoms with Gasteiger partial charge in [-0.3, -0.25) is 0 Å². The molecule has 0 amide bonds. The summed E-state index contributed by atoms with van der Waals surface area (Å²) in [6.45, 7) is -2.14. The molecule has 0 saturated heterocycles. The van der Waals surface area contributed by atoms with Crippen LogP contribution in [0.4, 0.5) is 18.9 Å². The Bertz CT molecular complexity index is 427. The summed E-state index contributed by atoms with van der Waals surface area (Å²) in [7, 11) is 0. The molecular weight excluding hydrogens is 331 g/mol. The van der Waals surface area contributed by atoms with Crippen molar-refractivity contribution in [1.29, 1.82) is 0 Å². The van der Waals surface area contributed by atoms with Crippen LogP contribution >= 0.6 is 15.9 Å². The van der Waals surface area contributed by atoms with Gasteiger partial charge in [0.25, 0.3) is 0 Å². The second-order valence-corrected chi connectivity index (χ2v) is 4.98. The van der Waals surface area contributed by atoms with Crippen molar-refractivity contribution < 1.29 is 28.5 Å². The first kappa shape index (κ1) is 16.2. The third-order valence-electron chi connectivity index (χ3n) is 2.59. The average molecular weight is 344 g/mol. The van der Waals surface area contributed by atoms with Crippen LogP contribution in [-0.2, 0) is 6.18 Å². The summed E-state index contributed by atoms with van der Waals surface area (Å²) in [6, 6.07) is 3.41. The smallest absolute Gasteiger partial charge is 0.394 e. The average Bonchev–Trinajstić information content (AvgIpc) is 2.37. The summed E-state index contributed by atoms with van der Waals surface area (Å²) in [5.41, 5.74) is -2.90. The summed E-state index contributed by atoms with van der Waals surface area (Å²) < 4.78 is 38.8. The van der Waals surface area contributed by atoms with Gasteiger partial charge in [0, 0.05) is 10.2 Å². The molecule has 4 N–H and O–H groups in total.